The average molecular weight is 615 g/mol. The smallest absolute Gasteiger partial charge is 0.333 e. The Bertz CT molecular complexity index is 1590. The number of amidine groups is 1. The summed E-state index contributed by atoms with van der Waals surface area (Å²) in [4.78, 5) is 22.5. The Morgan fingerprint density at radius 1 is 1.32 bits per heavy atom. The van der Waals surface area contributed by atoms with E-state index in [-0.39, 0.29) is 30.1 Å². The van der Waals surface area contributed by atoms with Crippen LogP contribution in [0.2, 0.25) is 5.02 Å². The third kappa shape index (κ3) is 5.77. The number of carbonyl (C=O) groups is 1. The lowest BCUT2D eigenvalue weighted by Crippen LogP contribution is -2.40. The Kier molecular flexibility index (Phi) is 7.99. The van der Waals surface area contributed by atoms with Crippen molar-refractivity contribution < 1.29 is 31.1 Å². The van der Waals surface area contributed by atoms with Crippen LogP contribution in [-0.4, -0.2) is 65.3 Å². The molecule has 0 bridgehead atoms. The molecule has 0 saturated carbocycles. The number of esters is 1. The molecule has 1 aromatic carbocycles. The maximum atomic E-state index is 13.9. The zero-order valence-corrected chi connectivity index (χ0v) is 23.2. The summed E-state index contributed by atoms with van der Waals surface area (Å²) in [6, 6.07) is 3.70. The van der Waals surface area contributed by atoms with Gasteiger partial charge in [0.25, 0.3) is 0 Å². The number of hydrogen-bond acceptors (Lipinski definition) is 9. The van der Waals surface area contributed by atoms with E-state index in [1.165, 1.54) is 36.6 Å². The molecule has 1 N–H and O–H groups in total. The van der Waals surface area contributed by atoms with Crippen LogP contribution in [0.5, 0.6) is 0 Å². The third-order valence-corrected chi connectivity index (χ3v) is 8.90. The summed E-state index contributed by atoms with van der Waals surface area (Å²) in [5.74, 6) is -1.27. The van der Waals surface area contributed by atoms with Gasteiger partial charge in [-0.2, -0.15) is 13.9 Å². The summed E-state index contributed by atoms with van der Waals surface area (Å²) in [5, 5.41) is 6.42. The fraction of sp³-hybridized carbons (Fsp3) is 0.333. The highest BCUT2D eigenvalue weighted by Gasteiger charge is 2.42. The lowest BCUT2D eigenvalue weighted by Gasteiger charge is -2.32. The molecular formula is C24H22ClF3N6O4S2. The number of methoxy groups -OCH3 is 1. The van der Waals surface area contributed by atoms with Crippen LogP contribution in [0.25, 0.3) is 5.57 Å². The summed E-state index contributed by atoms with van der Waals surface area (Å²) in [6.07, 6.45) is 2.55. The molecule has 2 aromatic heterocycles. The fourth-order valence-electron chi connectivity index (χ4n) is 4.67. The van der Waals surface area contributed by atoms with Gasteiger partial charge in [0.15, 0.2) is 10.8 Å². The third-order valence-electron chi connectivity index (χ3n) is 6.37. The van der Waals surface area contributed by atoms with Crippen LogP contribution in [0.4, 0.5) is 13.2 Å². The number of nitrogens with one attached hydrogen (secondary N) is 1. The monoisotopic (exact) mass is 614 g/mol. The molecule has 1 saturated heterocycles. The van der Waals surface area contributed by atoms with Crippen LogP contribution in [-0.2, 0) is 19.6 Å². The van der Waals surface area contributed by atoms with E-state index < -0.39 is 46.2 Å². The number of aromatic nitrogens is 3. The SMILES string of the molecule is COC(=O)CCS(=O)(=O)N[C@H]1CC2=C(c3ccn(C(F)F)n3)[C@H](c3ccc(F)cc3Cl)N=C(c3nccs3)N2C1. The van der Waals surface area contributed by atoms with E-state index in [1.807, 2.05) is 0 Å². The van der Waals surface area contributed by atoms with Crippen LogP contribution >= 0.6 is 22.9 Å². The number of benzene rings is 1. The van der Waals surface area contributed by atoms with Gasteiger partial charge in [-0.25, -0.2) is 27.2 Å². The Balaban J connectivity index is 1.61. The van der Waals surface area contributed by atoms with Gasteiger partial charge in [-0.15, -0.1) is 11.3 Å². The zero-order chi connectivity index (χ0) is 28.6. The molecule has 0 amide bonds. The Morgan fingerprint density at radius 2 is 2.12 bits per heavy atom. The molecule has 0 spiro atoms. The predicted octanol–water partition coefficient (Wildman–Crippen LogP) is 4.00. The predicted molar refractivity (Wildman–Crippen MR) is 142 cm³/mol. The van der Waals surface area contributed by atoms with Gasteiger partial charge in [0.2, 0.25) is 10.0 Å². The first-order valence-corrected chi connectivity index (χ1v) is 14.8. The standard InChI is InChI=1S/C24H22ClF3N6O4S2/c1-38-19(35)5-9-40(36,37)32-14-11-18-20(17-4-7-34(31-17)24(27)28)21(15-3-2-13(26)10-16(15)25)30-22(33(18)12-14)23-29-6-8-39-23/h2-4,6-8,10,14,21,24,32H,5,9,11-12H2,1H3/t14-,21-/m0/s1. The van der Waals surface area contributed by atoms with Crippen LogP contribution in [0.15, 0.2) is 52.7 Å². The average Bonchev–Trinajstić information content (AvgIpc) is 3.67. The molecule has 16 heteroatoms. The minimum atomic E-state index is -3.89. The number of sulfonamides is 1. The van der Waals surface area contributed by atoms with Gasteiger partial charge in [0.1, 0.15) is 11.9 Å². The normalized spacial score (nSPS) is 19.2. The number of hydrogen-bond donors (Lipinski definition) is 1. The van der Waals surface area contributed by atoms with Crippen molar-refractivity contribution in [1.82, 2.24) is 24.4 Å². The first kappa shape index (κ1) is 28.3. The molecule has 4 heterocycles. The number of alkyl halides is 2. The topological polar surface area (TPSA) is 119 Å². The van der Waals surface area contributed by atoms with E-state index in [0.717, 1.165) is 12.3 Å². The van der Waals surface area contributed by atoms with Crippen molar-refractivity contribution in [2.45, 2.75) is 31.5 Å². The Labute approximate surface area is 236 Å². The van der Waals surface area contributed by atoms with Crippen LogP contribution in [0, 0.1) is 5.82 Å². The van der Waals surface area contributed by atoms with Crippen molar-refractivity contribution in [3.63, 3.8) is 0 Å². The number of rotatable bonds is 9. The van der Waals surface area contributed by atoms with Crippen LogP contribution in [0.3, 0.4) is 0 Å². The van der Waals surface area contributed by atoms with Crippen molar-refractivity contribution >= 4 is 50.3 Å². The van der Waals surface area contributed by atoms with E-state index in [2.05, 4.69) is 19.5 Å². The number of nitrogens with zero attached hydrogens (tertiary/aromatic N) is 5. The lowest BCUT2D eigenvalue weighted by atomic mass is 9.92. The molecule has 5 rings (SSSR count). The summed E-state index contributed by atoms with van der Waals surface area (Å²) in [6.45, 7) is -2.74. The summed E-state index contributed by atoms with van der Waals surface area (Å²) >= 11 is 7.75. The van der Waals surface area contributed by atoms with Crippen LogP contribution in [0.1, 0.15) is 41.7 Å². The van der Waals surface area contributed by atoms with E-state index in [0.29, 0.717) is 32.4 Å². The molecular weight excluding hydrogens is 593 g/mol. The van der Waals surface area contributed by atoms with Gasteiger partial charge in [-0.3, -0.25) is 9.79 Å². The maximum absolute atomic E-state index is 13.9. The Hall–Kier alpha value is -3.27. The molecule has 1 fully saturated rings. The Morgan fingerprint density at radius 3 is 2.77 bits per heavy atom. The first-order chi connectivity index (χ1) is 19.1. The molecule has 3 aromatic rings. The fourth-order valence-corrected chi connectivity index (χ4v) is 6.80. The quantitative estimate of drug-likeness (QED) is 0.362. The lowest BCUT2D eigenvalue weighted by molar-refractivity contribution is -0.140. The van der Waals surface area contributed by atoms with E-state index in [4.69, 9.17) is 16.6 Å². The molecule has 40 heavy (non-hydrogen) atoms. The first-order valence-electron chi connectivity index (χ1n) is 11.9. The van der Waals surface area contributed by atoms with Gasteiger partial charge < -0.3 is 9.64 Å². The summed E-state index contributed by atoms with van der Waals surface area (Å²) < 4.78 is 74.1. The highest BCUT2D eigenvalue weighted by molar-refractivity contribution is 7.89. The second-order valence-corrected chi connectivity index (χ2v) is 12.1. The van der Waals surface area contributed by atoms with Crippen molar-refractivity contribution in [2.24, 2.45) is 4.99 Å². The molecule has 212 valence electrons. The highest BCUT2D eigenvalue weighted by atomic mass is 35.5. The van der Waals surface area contributed by atoms with Crippen molar-refractivity contribution in [1.29, 1.82) is 0 Å². The molecule has 2 atom stereocenters. The minimum absolute atomic E-state index is 0.0742. The van der Waals surface area contributed by atoms with Gasteiger partial charge in [-0.05, 0) is 18.2 Å². The number of aliphatic imine (C=N–C) groups is 1. The second-order valence-electron chi connectivity index (χ2n) is 8.95. The summed E-state index contributed by atoms with van der Waals surface area (Å²) in [5.41, 5.74) is 1.59. The van der Waals surface area contributed by atoms with Crippen LogP contribution < -0.4 is 4.72 Å². The van der Waals surface area contributed by atoms with E-state index >= 15 is 0 Å². The second kappa shape index (κ2) is 11.3. The molecule has 0 unspecified atom stereocenters. The number of thiazole rings is 1. The largest absolute Gasteiger partial charge is 0.469 e. The highest BCUT2D eigenvalue weighted by Crippen LogP contribution is 2.46. The number of halogens is 4. The van der Waals surface area contributed by atoms with Crippen molar-refractivity contribution in [2.75, 3.05) is 19.4 Å². The maximum Gasteiger partial charge on any atom is 0.333 e. The molecule has 10 nitrogen and oxygen atoms in total. The summed E-state index contributed by atoms with van der Waals surface area (Å²) in [7, 11) is -2.71. The van der Waals surface area contributed by atoms with Gasteiger partial charge in [-0.1, -0.05) is 17.7 Å². The molecule has 2 aliphatic heterocycles. The number of ether oxygens (including phenoxy) is 1. The van der Waals surface area contributed by atoms with E-state index in [9.17, 15) is 26.4 Å². The zero-order valence-electron chi connectivity index (χ0n) is 20.8. The number of fused-ring (bicyclic) bond motifs is 1. The van der Waals surface area contributed by atoms with Gasteiger partial charge >= 0.3 is 12.5 Å². The molecule has 2 aliphatic rings. The number of carbonyl (C=O) groups excluding carboxylic acids is 1. The van der Waals surface area contributed by atoms with Crippen molar-refractivity contribution in [3.8, 4) is 0 Å². The molecule has 0 aliphatic carbocycles. The van der Waals surface area contributed by atoms with E-state index in [1.54, 1.807) is 16.5 Å². The minimum Gasteiger partial charge on any atom is -0.469 e. The van der Waals surface area contributed by atoms with Gasteiger partial charge in [0, 0.05) is 58.6 Å². The van der Waals surface area contributed by atoms with Crippen molar-refractivity contribution in [3.05, 3.63) is 74.8 Å². The molecule has 0 radical (unpaired) electrons. The van der Waals surface area contributed by atoms with Gasteiger partial charge in [0.05, 0.1) is 25.0 Å².